The van der Waals surface area contributed by atoms with Crippen LogP contribution in [0.3, 0.4) is 0 Å². The summed E-state index contributed by atoms with van der Waals surface area (Å²) < 4.78 is 1.38. The van der Waals surface area contributed by atoms with Crippen molar-refractivity contribution in [1.29, 1.82) is 0 Å². The number of carboxylic acids is 1. The van der Waals surface area contributed by atoms with Crippen LogP contribution in [0, 0.1) is 13.8 Å². The molecule has 1 amide bonds. The lowest BCUT2D eigenvalue weighted by Gasteiger charge is -2.11. The highest BCUT2D eigenvalue weighted by atomic mass is 16.4. The Hall–Kier alpha value is -2.83. The SMILES string of the molecule is Cc1ccc(C(=O)NC2CC2)cc1-n1nc(C)c(C(=O)O)c1N. The first-order valence-electron chi connectivity index (χ1n) is 7.38. The number of aryl methyl sites for hydroxylation is 2. The van der Waals surface area contributed by atoms with Gasteiger partial charge in [-0.15, -0.1) is 0 Å². The molecule has 0 saturated heterocycles. The normalized spacial score (nSPS) is 13.8. The zero-order chi connectivity index (χ0) is 16.7. The molecular formula is C16H18N4O3. The number of carbonyl (C=O) groups excluding carboxylic acids is 1. The molecule has 0 aliphatic heterocycles. The van der Waals surface area contributed by atoms with E-state index in [0.29, 0.717) is 16.9 Å². The lowest BCUT2D eigenvalue weighted by Crippen LogP contribution is -2.25. The van der Waals surface area contributed by atoms with Gasteiger partial charge in [0.15, 0.2) is 0 Å². The monoisotopic (exact) mass is 314 g/mol. The Balaban J connectivity index is 2.04. The van der Waals surface area contributed by atoms with Crippen molar-refractivity contribution >= 4 is 17.7 Å². The number of amides is 1. The van der Waals surface area contributed by atoms with Crippen LogP contribution in [0.15, 0.2) is 18.2 Å². The molecule has 0 spiro atoms. The summed E-state index contributed by atoms with van der Waals surface area (Å²) in [5.41, 5.74) is 8.21. The largest absolute Gasteiger partial charge is 0.477 e. The Morgan fingerprint density at radius 1 is 1.35 bits per heavy atom. The number of benzene rings is 1. The average molecular weight is 314 g/mol. The summed E-state index contributed by atoms with van der Waals surface area (Å²) in [5, 5.41) is 16.4. The van der Waals surface area contributed by atoms with Gasteiger partial charge in [-0.05, 0) is 44.4 Å². The van der Waals surface area contributed by atoms with Crippen LogP contribution < -0.4 is 11.1 Å². The van der Waals surface area contributed by atoms with Crippen LogP contribution in [0.5, 0.6) is 0 Å². The highest BCUT2D eigenvalue weighted by Gasteiger charge is 2.25. The van der Waals surface area contributed by atoms with E-state index in [1.54, 1.807) is 25.1 Å². The summed E-state index contributed by atoms with van der Waals surface area (Å²) in [7, 11) is 0. The van der Waals surface area contributed by atoms with Crippen molar-refractivity contribution in [2.45, 2.75) is 32.7 Å². The molecule has 1 aromatic carbocycles. The first kappa shape index (κ1) is 15.1. The first-order chi connectivity index (χ1) is 10.9. The minimum atomic E-state index is -1.12. The Labute approximate surface area is 133 Å². The number of anilines is 1. The van der Waals surface area contributed by atoms with Gasteiger partial charge in [0.1, 0.15) is 11.4 Å². The summed E-state index contributed by atoms with van der Waals surface area (Å²) in [6, 6.07) is 5.49. The number of carbonyl (C=O) groups is 2. The zero-order valence-electron chi connectivity index (χ0n) is 13.0. The number of aromatic nitrogens is 2. The summed E-state index contributed by atoms with van der Waals surface area (Å²) in [6.45, 7) is 3.45. The molecule has 4 N–H and O–H groups in total. The minimum Gasteiger partial charge on any atom is -0.477 e. The number of hydrogen-bond donors (Lipinski definition) is 3. The van der Waals surface area contributed by atoms with Gasteiger partial charge in [0.25, 0.3) is 5.91 Å². The fourth-order valence-corrected chi connectivity index (χ4v) is 2.47. The maximum Gasteiger partial charge on any atom is 0.341 e. The van der Waals surface area contributed by atoms with Crippen LogP contribution in [0.1, 0.15) is 44.8 Å². The van der Waals surface area contributed by atoms with Crippen LogP contribution in [0.2, 0.25) is 0 Å². The van der Waals surface area contributed by atoms with Crippen LogP contribution in [0.25, 0.3) is 5.69 Å². The highest BCUT2D eigenvalue weighted by Crippen LogP contribution is 2.25. The summed E-state index contributed by atoms with van der Waals surface area (Å²) >= 11 is 0. The second kappa shape index (κ2) is 5.42. The number of nitrogens with zero attached hydrogens (tertiary/aromatic N) is 2. The molecule has 3 rings (SSSR count). The van der Waals surface area contributed by atoms with Gasteiger partial charge in [-0.3, -0.25) is 4.79 Å². The molecule has 120 valence electrons. The quantitative estimate of drug-likeness (QED) is 0.795. The number of nitrogen functional groups attached to an aromatic ring is 1. The minimum absolute atomic E-state index is 0.0164. The topological polar surface area (TPSA) is 110 Å². The van der Waals surface area contributed by atoms with E-state index in [1.807, 2.05) is 6.92 Å². The third-order valence-corrected chi connectivity index (χ3v) is 3.92. The Kier molecular flexibility index (Phi) is 3.55. The van der Waals surface area contributed by atoms with Gasteiger partial charge < -0.3 is 16.2 Å². The predicted molar refractivity (Wildman–Crippen MR) is 84.9 cm³/mol. The maximum atomic E-state index is 12.2. The molecule has 7 nitrogen and oxygen atoms in total. The summed E-state index contributed by atoms with van der Waals surface area (Å²) in [6.07, 6.45) is 2.02. The molecule has 2 aromatic rings. The number of rotatable bonds is 4. The predicted octanol–water partition coefficient (Wildman–Crippen LogP) is 1.66. The molecule has 23 heavy (non-hydrogen) atoms. The van der Waals surface area contributed by atoms with Crippen LogP contribution >= 0.6 is 0 Å². The molecule has 0 bridgehead atoms. The number of hydrogen-bond acceptors (Lipinski definition) is 4. The maximum absolute atomic E-state index is 12.2. The standard InChI is InChI=1S/C16H18N4O3/c1-8-3-4-10(15(21)18-11-5-6-11)7-12(8)20-14(17)13(16(22)23)9(2)19-20/h3-4,7,11H,5-6,17H2,1-2H3,(H,18,21)(H,22,23). The Morgan fingerprint density at radius 2 is 2.04 bits per heavy atom. The molecule has 1 aliphatic carbocycles. The third-order valence-electron chi connectivity index (χ3n) is 3.92. The number of nitrogens with two attached hydrogens (primary N) is 1. The van der Waals surface area contributed by atoms with Gasteiger partial charge in [0, 0.05) is 11.6 Å². The van der Waals surface area contributed by atoms with Crippen LogP contribution in [-0.4, -0.2) is 32.8 Å². The van der Waals surface area contributed by atoms with Crippen molar-refractivity contribution in [3.8, 4) is 5.69 Å². The Bertz CT molecular complexity index is 806. The highest BCUT2D eigenvalue weighted by molar-refractivity contribution is 5.96. The molecule has 1 aromatic heterocycles. The van der Waals surface area contributed by atoms with E-state index in [9.17, 15) is 14.7 Å². The zero-order valence-corrected chi connectivity index (χ0v) is 13.0. The molecule has 0 radical (unpaired) electrons. The first-order valence-corrected chi connectivity index (χ1v) is 7.38. The fraction of sp³-hybridized carbons (Fsp3) is 0.312. The second-order valence-electron chi connectivity index (χ2n) is 5.81. The van der Waals surface area contributed by atoms with Crippen LogP contribution in [-0.2, 0) is 0 Å². The third kappa shape index (κ3) is 2.77. The van der Waals surface area contributed by atoms with Gasteiger partial charge in [0.2, 0.25) is 0 Å². The molecule has 1 aliphatic rings. The van der Waals surface area contributed by atoms with E-state index < -0.39 is 5.97 Å². The molecule has 1 saturated carbocycles. The van der Waals surface area contributed by atoms with Crippen LogP contribution in [0.4, 0.5) is 5.82 Å². The number of aromatic carboxylic acids is 1. The van der Waals surface area contributed by atoms with Crippen molar-refractivity contribution in [2.24, 2.45) is 0 Å². The van der Waals surface area contributed by atoms with Crippen molar-refractivity contribution in [3.05, 3.63) is 40.6 Å². The van der Waals surface area contributed by atoms with E-state index in [4.69, 9.17) is 5.73 Å². The number of carboxylic acid groups (broad SMARTS) is 1. The summed E-state index contributed by atoms with van der Waals surface area (Å²) in [5.74, 6) is -1.21. The number of nitrogens with one attached hydrogen (secondary N) is 1. The van der Waals surface area contributed by atoms with Crippen molar-refractivity contribution in [3.63, 3.8) is 0 Å². The summed E-state index contributed by atoms with van der Waals surface area (Å²) in [4.78, 5) is 23.5. The molecule has 1 heterocycles. The van der Waals surface area contributed by atoms with Crippen molar-refractivity contribution < 1.29 is 14.7 Å². The molecule has 7 heteroatoms. The lowest BCUT2D eigenvalue weighted by molar-refractivity contribution is 0.0697. The van der Waals surface area contributed by atoms with Crippen molar-refractivity contribution in [1.82, 2.24) is 15.1 Å². The molecule has 0 atom stereocenters. The lowest BCUT2D eigenvalue weighted by atomic mass is 10.1. The average Bonchev–Trinajstić information content (AvgIpc) is 3.23. The van der Waals surface area contributed by atoms with E-state index in [0.717, 1.165) is 18.4 Å². The van der Waals surface area contributed by atoms with Gasteiger partial charge in [0.05, 0.1) is 11.4 Å². The van der Waals surface area contributed by atoms with E-state index >= 15 is 0 Å². The van der Waals surface area contributed by atoms with Crippen molar-refractivity contribution in [2.75, 3.05) is 5.73 Å². The second-order valence-corrected chi connectivity index (χ2v) is 5.81. The smallest absolute Gasteiger partial charge is 0.341 e. The van der Waals surface area contributed by atoms with Gasteiger partial charge in [-0.2, -0.15) is 5.10 Å². The van der Waals surface area contributed by atoms with Gasteiger partial charge >= 0.3 is 5.97 Å². The Morgan fingerprint density at radius 3 is 2.61 bits per heavy atom. The molecular weight excluding hydrogens is 296 g/mol. The van der Waals surface area contributed by atoms with Gasteiger partial charge in [-0.25, -0.2) is 9.48 Å². The fourth-order valence-electron chi connectivity index (χ4n) is 2.47. The van der Waals surface area contributed by atoms with E-state index in [1.165, 1.54) is 4.68 Å². The van der Waals surface area contributed by atoms with E-state index in [-0.39, 0.29) is 23.3 Å². The van der Waals surface area contributed by atoms with Gasteiger partial charge in [-0.1, -0.05) is 6.07 Å². The molecule has 1 fully saturated rings. The molecule has 0 unspecified atom stereocenters. The van der Waals surface area contributed by atoms with E-state index in [2.05, 4.69) is 10.4 Å².